The zero-order valence-corrected chi connectivity index (χ0v) is 20.6. The van der Waals surface area contributed by atoms with E-state index in [1.165, 1.54) is 12.1 Å². The maximum Gasteiger partial charge on any atom is 0.269 e. The van der Waals surface area contributed by atoms with Crippen LogP contribution in [0.3, 0.4) is 0 Å². The predicted octanol–water partition coefficient (Wildman–Crippen LogP) is 4.79. The Kier molecular flexibility index (Phi) is 6.59. The summed E-state index contributed by atoms with van der Waals surface area (Å²) in [7, 11) is 3.19. The quantitative estimate of drug-likeness (QED) is 0.278. The number of piperazine rings is 1. The van der Waals surface area contributed by atoms with Crippen LogP contribution in [-0.4, -0.2) is 61.1 Å². The number of amides is 1. The minimum atomic E-state index is -0.408. The molecule has 0 bridgehead atoms. The highest BCUT2D eigenvalue weighted by Gasteiger charge is 2.25. The zero-order chi connectivity index (χ0) is 25.9. The Morgan fingerprint density at radius 3 is 2.32 bits per heavy atom. The number of carbonyl (C=O) groups excluding carboxylic acids is 1. The molecule has 1 aliphatic rings. The molecule has 5 rings (SSSR count). The highest BCUT2D eigenvalue weighted by Crippen LogP contribution is 2.34. The fraction of sp³-hybridized carbons (Fsp3) is 0.214. The van der Waals surface area contributed by atoms with E-state index in [0.717, 1.165) is 22.2 Å². The maximum atomic E-state index is 13.8. The number of anilines is 1. The van der Waals surface area contributed by atoms with Crippen LogP contribution in [0.4, 0.5) is 11.4 Å². The van der Waals surface area contributed by atoms with Crippen molar-refractivity contribution in [2.45, 2.75) is 0 Å². The Labute approximate surface area is 214 Å². The van der Waals surface area contributed by atoms with Crippen molar-refractivity contribution in [3.63, 3.8) is 0 Å². The van der Waals surface area contributed by atoms with Gasteiger partial charge in [0.25, 0.3) is 11.6 Å². The monoisotopic (exact) mass is 498 g/mol. The molecule has 3 aromatic carbocycles. The van der Waals surface area contributed by atoms with E-state index in [4.69, 9.17) is 14.5 Å². The van der Waals surface area contributed by atoms with E-state index in [9.17, 15) is 14.9 Å². The SMILES string of the molecule is COc1ccc(-c2cc(C(=O)N3CCN(c4ccc([N+](=O)[O-])cc4)CC3)c3ccccc3n2)c(OC)c1. The number of methoxy groups -OCH3 is 2. The lowest BCUT2D eigenvalue weighted by atomic mass is 10.0. The minimum absolute atomic E-state index is 0.0596. The van der Waals surface area contributed by atoms with Gasteiger partial charge in [-0.2, -0.15) is 0 Å². The first-order chi connectivity index (χ1) is 18.0. The lowest BCUT2D eigenvalue weighted by Gasteiger charge is -2.36. The molecule has 9 heteroatoms. The van der Waals surface area contributed by atoms with Crippen molar-refractivity contribution >= 4 is 28.2 Å². The average Bonchev–Trinajstić information content (AvgIpc) is 2.96. The van der Waals surface area contributed by atoms with Crippen molar-refractivity contribution in [3.05, 3.63) is 88.5 Å². The van der Waals surface area contributed by atoms with Gasteiger partial charge in [0.1, 0.15) is 11.5 Å². The summed E-state index contributed by atoms with van der Waals surface area (Å²) in [5.74, 6) is 1.22. The number of nitrogens with zero attached hydrogens (tertiary/aromatic N) is 4. The zero-order valence-electron chi connectivity index (χ0n) is 20.6. The Hall–Kier alpha value is -4.66. The molecule has 0 spiro atoms. The van der Waals surface area contributed by atoms with Crippen LogP contribution in [-0.2, 0) is 0 Å². The average molecular weight is 499 g/mol. The molecule has 1 aliphatic heterocycles. The Morgan fingerprint density at radius 2 is 1.65 bits per heavy atom. The van der Waals surface area contributed by atoms with Crippen LogP contribution in [0.1, 0.15) is 10.4 Å². The van der Waals surface area contributed by atoms with Crippen molar-refractivity contribution < 1.29 is 19.2 Å². The van der Waals surface area contributed by atoms with Gasteiger partial charge in [-0.05, 0) is 36.4 Å². The van der Waals surface area contributed by atoms with E-state index in [0.29, 0.717) is 48.9 Å². The smallest absolute Gasteiger partial charge is 0.269 e. The van der Waals surface area contributed by atoms with Gasteiger partial charge in [0, 0.05) is 61.0 Å². The summed E-state index contributed by atoms with van der Waals surface area (Å²) in [6, 6.07) is 21.5. The van der Waals surface area contributed by atoms with E-state index >= 15 is 0 Å². The number of nitro groups is 1. The predicted molar refractivity (Wildman–Crippen MR) is 141 cm³/mol. The molecule has 9 nitrogen and oxygen atoms in total. The van der Waals surface area contributed by atoms with E-state index in [1.807, 2.05) is 47.4 Å². The Morgan fingerprint density at radius 1 is 0.919 bits per heavy atom. The van der Waals surface area contributed by atoms with Gasteiger partial charge in [-0.15, -0.1) is 0 Å². The van der Waals surface area contributed by atoms with Gasteiger partial charge in [0.15, 0.2) is 0 Å². The second-order valence-corrected chi connectivity index (χ2v) is 8.69. The van der Waals surface area contributed by atoms with Gasteiger partial charge in [0.05, 0.1) is 35.9 Å². The van der Waals surface area contributed by atoms with E-state index < -0.39 is 4.92 Å². The van der Waals surface area contributed by atoms with Crippen molar-refractivity contribution in [1.82, 2.24) is 9.88 Å². The van der Waals surface area contributed by atoms with Crippen molar-refractivity contribution in [1.29, 1.82) is 0 Å². The standard InChI is InChI=1S/C28H26N4O5/c1-36-21-11-12-23(27(17-21)37-2)26-18-24(22-5-3-4-6-25(22)29-26)28(33)31-15-13-30(14-16-31)19-7-9-20(10-8-19)32(34)35/h3-12,17-18H,13-16H2,1-2H3. The summed E-state index contributed by atoms with van der Waals surface area (Å²) in [5.41, 5.74) is 3.69. The molecule has 1 saturated heterocycles. The topological polar surface area (TPSA) is 98.0 Å². The van der Waals surface area contributed by atoms with Crippen molar-refractivity contribution in [2.75, 3.05) is 45.3 Å². The molecule has 1 fully saturated rings. The number of hydrogen-bond acceptors (Lipinski definition) is 7. The summed E-state index contributed by atoms with van der Waals surface area (Å²) in [6.07, 6.45) is 0. The van der Waals surface area contributed by atoms with Crippen LogP contribution < -0.4 is 14.4 Å². The van der Waals surface area contributed by atoms with Crippen LogP contribution >= 0.6 is 0 Å². The fourth-order valence-corrected chi connectivity index (χ4v) is 4.62. The molecule has 0 aliphatic carbocycles. The number of para-hydroxylation sites is 1. The molecule has 0 unspecified atom stereocenters. The molecular weight excluding hydrogens is 472 g/mol. The third-order valence-corrected chi connectivity index (χ3v) is 6.62. The first-order valence-corrected chi connectivity index (χ1v) is 11.9. The molecule has 4 aromatic rings. The van der Waals surface area contributed by atoms with Crippen LogP contribution in [0.15, 0.2) is 72.8 Å². The van der Waals surface area contributed by atoms with Gasteiger partial charge >= 0.3 is 0 Å². The molecule has 0 radical (unpaired) electrons. The van der Waals surface area contributed by atoms with Crippen molar-refractivity contribution in [2.24, 2.45) is 0 Å². The highest BCUT2D eigenvalue weighted by molar-refractivity contribution is 6.07. The molecule has 0 atom stereocenters. The number of non-ortho nitro benzene ring substituents is 1. The van der Waals surface area contributed by atoms with E-state index in [2.05, 4.69) is 4.90 Å². The van der Waals surface area contributed by atoms with E-state index in [-0.39, 0.29) is 11.6 Å². The second kappa shape index (κ2) is 10.1. The van der Waals surface area contributed by atoms with Crippen LogP contribution in [0.25, 0.3) is 22.2 Å². The number of aromatic nitrogens is 1. The van der Waals surface area contributed by atoms with Gasteiger partial charge in [-0.3, -0.25) is 14.9 Å². The molecule has 188 valence electrons. The van der Waals surface area contributed by atoms with Crippen LogP contribution in [0.2, 0.25) is 0 Å². The van der Waals surface area contributed by atoms with Crippen LogP contribution in [0, 0.1) is 10.1 Å². The largest absolute Gasteiger partial charge is 0.497 e. The number of fused-ring (bicyclic) bond motifs is 1. The summed E-state index contributed by atoms with van der Waals surface area (Å²) >= 11 is 0. The molecule has 0 saturated carbocycles. The summed E-state index contributed by atoms with van der Waals surface area (Å²) in [4.78, 5) is 33.1. The summed E-state index contributed by atoms with van der Waals surface area (Å²) < 4.78 is 10.9. The number of rotatable bonds is 6. The molecule has 2 heterocycles. The maximum absolute atomic E-state index is 13.8. The Bertz CT molecular complexity index is 1460. The summed E-state index contributed by atoms with van der Waals surface area (Å²) in [6.45, 7) is 2.33. The first kappa shape index (κ1) is 24.1. The second-order valence-electron chi connectivity index (χ2n) is 8.69. The number of ether oxygens (including phenoxy) is 2. The number of carbonyl (C=O) groups is 1. The van der Waals surface area contributed by atoms with E-state index in [1.54, 1.807) is 32.4 Å². The molecule has 37 heavy (non-hydrogen) atoms. The minimum Gasteiger partial charge on any atom is -0.497 e. The molecule has 1 amide bonds. The third-order valence-electron chi connectivity index (χ3n) is 6.62. The number of pyridine rings is 1. The molecule has 1 aromatic heterocycles. The van der Waals surface area contributed by atoms with Crippen LogP contribution in [0.5, 0.6) is 11.5 Å². The van der Waals surface area contributed by atoms with Gasteiger partial charge in [-0.25, -0.2) is 4.98 Å². The molecular formula is C28H26N4O5. The molecule has 0 N–H and O–H groups in total. The fourth-order valence-electron chi connectivity index (χ4n) is 4.62. The highest BCUT2D eigenvalue weighted by atomic mass is 16.6. The lowest BCUT2D eigenvalue weighted by Crippen LogP contribution is -2.48. The number of nitro benzene ring substituents is 1. The number of hydrogen-bond donors (Lipinski definition) is 0. The van der Waals surface area contributed by atoms with Gasteiger partial charge < -0.3 is 19.3 Å². The lowest BCUT2D eigenvalue weighted by molar-refractivity contribution is -0.384. The normalized spacial score (nSPS) is 13.5. The van der Waals surface area contributed by atoms with Crippen molar-refractivity contribution in [3.8, 4) is 22.8 Å². The Balaban J connectivity index is 1.42. The third kappa shape index (κ3) is 4.75. The van der Waals surface area contributed by atoms with Gasteiger partial charge in [-0.1, -0.05) is 18.2 Å². The summed E-state index contributed by atoms with van der Waals surface area (Å²) in [5, 5.41) is 11.7. The number of benzene rings is 3. The first-order valence-electron chi connectivity index (χ1n) is 11.9. The van der Waals surface area contributed by atoms with Gasteiger partial charge in [0.2, 0.25) is 0 Å².